The number of imidazole rings is 1. The highest BCUT2D eigenvalue weighted by Gasteiger charge is 2.23. The monoisotopic (exact) mass is 446 g/mol. The third-order valence-corrected chi connectivity index (χ3v) is 6.13. The normalized spacial score (nSPS) is 11.9. The lowest BCUT2D eigenvalue weighted by molar-refractivity contribution is -0.121. The summed E-state index contributed by atoms with van der Waals surface area (Å²) in [6.45, 7) is 2.71. The van der Waals surface area contributed by atoms with Crippen LogP contribution < -0.4 is 10.6 Å². The number of hydrogen-bond acceptors (Lipinski definition) is 4. The summed E-state index contributed by atoms with van der Waals surface area (Å²) in [5.41, 5.74) is 2.29. The van der Waals surface area contributed by atoms with E-state index in [-0.39, 0.29) is 24.4 Å². The van der Waals surface area contributed by atoms with Crippen molar-refractivity contribution in [2.75, 3.05) is 0 Å². The van der Waals surface area contributed by atoms with E-state index in [1.54, 1.807) is 23.5 Å². The SMILES string of the molecule is CCC[C@H](NC(=O)c1ccccc1)c1nc2ccccc2n1CC(=O)NCc1cccs1. The van der Waals surface area contributed by atoms with E-state index in [2.05, 4.69) is 17.6 Å². The summed E-state index contributed by atoms with van der Waals surface area (Å²) in [6.07, 6.45) is 1.59. The fourth-order valence-corrected chi connectivity index (χ4v) is 4.35. The lowest BCUT2D eigenvalue weighted by Gasteiger charge is -2.20. The van der Waals surface area contributed by atoms with Crippen molar-refractivity contribution in [2.24, 2.45) is 0 Å². The lowest BCUT2D eigenvalue weighted by atomic mass is 10.1. The molecule has 0 saturated carbocycles. The third-order valence-electron chi connectivity index (χ3n) is 5.26. The highest BCUT2D eigenvalue weighted by molar-refractivity contribution is 7.09. The quantitative estimate of drug-likeness (QED) is 0.392. The Morgan fingerprint density at radius 1 is 1.03 bits per heavy atom. The van der Waals surface area contributed by atoms with Crippen molar-refractivity contribution in [2.45, 2.75) is 38.9 Å². The lowest BCUT2D eigenvalue weighted by Crippen LogP contribution is -2.32. The molecule has 0 unspecified atom stereocenters. The second-order valence-electron chi connectivity index (χ2n) is 7.58. The fourth-order valence-electron chi connectivity index (χ4n) is 3.71. The topological polar surface area (TPSA) is 76.0 Å². The van der Waals surface area contributed by atoms with E-state index < -0.39 is 0 Å². The Balaban J connectivity index is 1.60. The molecule has 0 bridgehead atoms. The van der Waals surface area contributed by atoms with Crippen molar-refractivity contribution >= 4 is 34.2 Å². The molecule has 7 heteroatoms. The molecule has 0 aliphatic rings. The standard InChI is InChI=1S/C25H26N4O2S/c1-2-9-21(28-25(31)18-10-4-3-5-11-18)24-27-20-13-6-7-14-22(20)29(24)17-23(30)26-16-19-12-8-15-32-19/h3-8,10-15,21H,2,9,16-17H2,1H3,(H,26,30)(H,28,31)/t21-/m0/s1. The zero-order valence-corrected chi connectivity index (χ0v) is 18.8. The number of rotatable bonds is 9. The first-order valence-electron chi connectivity index (χ1n) is 10.8. The number of hydrogen-bond donors (Lipinski definition) is 2. The van der Waals surface area contributed by atoms with Crippen LogP contribution >= 0.6 is 11.3 Å². The molecule has 2 N–H and O–H groups in total. The first-order chi connectivity index (χ1) is 15.7. The largest absolute Gasteiger partial charge is 0.350 e. The van der Waals surface area contributed by atoms with Crippen molar-refractivity contribution in [1.29, 1.82) is 0 Å². The molecule has 0 aliphatic heterocycles. The summed E-state index contributed by atoms with van der Waals surface area (Å²) in [5.74, 6) is 0.459. The van der Waals surface area contributed by atoms with Crippen molar-refractivity contribution in [3.63, 3.8) is 0 Å². The molecule has 2 heterocycles. The molecule has 6 nitrogen and oxygen atoms in total. The van der Waals surface area contributed by atoms with Crippen LogP contribution in [0.25, 0.3) is 11.0 Å². The number of aromatic nitrogens is 2. The first-order valence-corrected chi connectivity index (χ1v) is 11.6. The molecular weight excluding hydrogens is 420 g/mol. The molecule has 2 aromatic heterocycles. The van der Waals surface area contributed by atoms with Gasteiger partial charge < -0.3 is 15.2 Å². The second-order valence-corrected chi connectivity index (χ2v) is 8.61. The van der Waals surface area contributed by atoms with Gasteiger partial charge in [0.15, 0.2) is 0 Å². The minimum absolute atomic E-state index is 0.0903. The highest BCUT2D eigenvalue weighted by Crippen LogP contribution is 2.24. The first kappa shape index (κ1) is 21.8. The predicted octanol–water partition coefficient (Wildman–Crippen LogP) is 4.69. The molecule has 4 aromatic rings. The number of para-hydroxylation sites is 2. The van der Waals surface area contributed by atoms with E-state index >= 15 is 0 Å². The number of nitrogens with zero attached hydrogens (tertiary/aromatic N) is 2. The average Bonchev–Trinajstić information content (AvgIpc) is 3.46. The van der Waals surface area contributed by atoms with Gasteiger partial charge >= 0.3 is 0 Å². The molecule has 0 aliphatic carbocycles. The molecule has 0 radical (unpaired) electrons. The maximum absolute atomic E-state index is 12.9. The summed E-state index contributed by atoms with van der Waals surface area (Å²) < 4.78 is 1.92. The van der Waals surface area contributed by atoms with E-state index in [1.165, 1.54) is 0 Å². The summed E-state index contributed by atoms with van der Waals surface area (Å²) >= 11 is 1.61. The van der Waals surface area contributed by atoms with Crippen LogP contribution in [0.5, 0.6) is 0 Å². The van der Waals surface area contributed by atoms with Crippen LogP contribution in [0.1, 0.15) is 46.9 Å². The number of benzene rings is 2. The molecule has 0 fully saturated rings. The molecule has 0 saturated heterocycles. The highest BCUT2D eigenvalue weighted by atomic mass is 32.1. The summed E-state index contributed by atoms with van der Waals surface area (Å²) in [5, 5.41) is 8.11. The second kappa shape index (κ2) is 10.2. The van der Waals surface area contributed by atoms with Gasteiger partial charge in [0.05, 0.1) is 23.6 Å². The molecule has 1 atom stereocenters. The molecule has 2 aromatic carbocycles. The number of nitrogens with one attached hydrogen (secondary N) is 2. The van der Waals surface area contributed by atoms with Crippen LogP contribution in [-0.2, 0) is 17.9 Å². The van der Waals surface area contributed by atoms with Gasteiger partial charge in [-0.2, -0.15) is 0 Å². The molecule has 32 heavy (non-hydrogen) atoms. The number of amides is 2. The molecular formula is C25H26N4O2S. The van der Waals surface area contributed by atoms with E-state index in [4.69, 9.17) is 4.98 Å². The molecule has 4 rings (SSSR count). The van der Waals surface area contributed by atoms with Crippen molar-refractivity contribution in [3.8, 4) is 0 Å². The van der Waals surface area contributed by atoms with Gasteiger partial charge in [0.2, 0.25) is 5.91 Å². The third kappa shape index (κ3) is 5.06. The van der Waals surface area contributed by atoms with Gasteiger partial charge in [0, 0.05) is 10.4 Å². The van der Waals surface area contributed by atoms with E-state index in [9.17, 15) is 9.59 Å². The Kier molecular flexibility index (Phi) is 6.97. The number of fused-ring (bicyclic) bond motifs is 1. The summed E-state index contributed by atoms with van der Waals surface area (Å²) in [6, 6.07) is 20.6. The van der Waals surface area contributed by atoms with Crippen molar-refractivity contribution in [1.82, 2.24) is 20.2 Å². The zero-order valence-electron chi connectivity index (χ0n) is 18.0. The molecule has 0 spiro atoms. The Labute approximate surface area is 191 Å². The van der Waals surface area contributed by atoms with Crippen LogP contribution in [0.4, 0.5) is 0 Å². The van der Waals surface area contributed by atoms with E-state index in [0.717, 1.165) is 28.8 Å². The van der Waals surface area contributed by atoms with E-state index in [1.807, 2.05) is 64.5 Å². The van der Waals surface area contributed by atoms with Crippen LogP contribution in [-0.4, -0.2) is 21.4 Å². The van der Waals surface area contributed by atoms with Gasteiger partial charge in [0.1, 0.15) is 12.4 Å². The minimum Gasteiger partial charge on any atom is -0.350 e. The maximum atomic E-state index is 12.9. The maximum Gasteiger partial charge on any atom is 0.251 e. The minimum atomic E-state index is -0.301. The number of thiophene rings is 1. The van der Waals surface area contributed by atoms with Crippen LogP contribution in [0.15, 0.2) is 72.1 Å². The zero-order chi connectivity index (χ0) is 22.3. The van der Waals surface area contributed by atoms with Gasteiger partial charge in [-0.1, -0.05) is 49.7 Å². The summed E-state index contributed by atoms with van der Waals surface area (Å²) in [4.78, 5) is 31.6. The van der Waals surface area contributed by atoms with Gasteiger partial charge in [-0.3, -0.25) is 9.59 Å². The van der Waals surface area contributed by atoms with Gasteiger partial charge in [-0.25, -0.2) is 4.98 Å². The molecule has 2 amide bonds. The van der Waals surface area contributed by atoms with Crippen molar-refractivity contribution in [3.05, 3.63) is 88.4 Å². The van der Waals surface area contributed by atoms with E-state index in [0.29, 0.717) is 17.9 Å². The van der Waals surface area contributed by atoms with Gasteiger partial charge in [0.25, 0.3) is 5.91 Å². The Morgan fingerprint density at radius 3 is 2.56 bits per heavy atom. The van der Waals surface area contributed by atoms with Crippen LogP contribution in [0.3, 0.4) is 0 Å². The predicted molar refractivity (Wildman–Crippen MR) is 127 cm³/mol. The average molecular weight is 447 g/mol. The van der Waals surface area contributed by atoms with Crippen LogP contribution in [0, 0.1) is 0 Å². The summed E-state index contributed by atoms with van der Waals surface area (Å²) in [7, 11) is 0. The molecule has 164 valence electrons. The smallest absolute Gasteiger partial charge is 0.251 e. The van der Waals surface area contributed by atoms with Crippen LogP contribution in [0.2, 0.25) is 0 Å². The number of carbonyl (C=O) groups excluding carboxylic acids is 2. The Bertz CT molecular complexity index is 1190. The van der Waals surface area contributed by atoms with Gasteiger partial charge in [-0.05, 0) is 42.1 Å². The fraction of sp³-hybridized carbons (Fsp3) is 0.240. The Hall–Kier alpha value is -3.45. The Morgan fingerprint density at radius 2 is 1.81 bits per heavy atom. The van der Waals surface area contributed by atoms with Crippen molar-refractivity contribution < 1.29 is 9.59 Å². The number of carbonyl (C=O) groups is 2. The van der Waals surface area contributed by atoms with Gasteiger partial charge in [-0.15, -0.1) is 11.3 Å².